The summed E-state index contributed by atoms with van der Waals surface area (Å²) >= 11 is 0. The summed E-state index contributed by atoms with van der Waals surface area (Å²) in [5.74, 6) is 0.276. The van der Waals surface area contributed by atoms with Gasteiger partial charge in [-0.05, 0) is 48.9 Å². The van der Waals surface area contributed by atoms with Crippen LogP contribution in [0.5, 0.6) is 11.5 Å². The Morgan fingerprint density at radius 1 is 1.03 bits per heavy atom. The number of anilines is 1. The van der Waals surface area contributed by atoms with Crippen LogP contribution >= 0.6 is 0 Å². The molecule has 36 heavy (non-hydrogen) atoms. The first kappa shape index (κ1) is 25.3. The van der Waals surface area contributed by atoms with Crippen LogP contribution in [0.4, 0.5) is 14.9 Å². The van der Waals surface area contributed by atoms with Gasteiger partial charge in [-0.1, -0.05) is 6.07 Å². The van der Waals surface area contributed by atoms with Crippen LogP contribution in [0.2, 0.25) is 0 Å². The summed E-state index contributed by atoms with van der Waals surface area (Å²) in [5, 5.41) is 5.68. The van der Waals surface area contributed by atoms with Crippen LogP contribution < -0.4 is 25.0 Å². The average molecular weight is 499 g/mol. The van der Waals surface area contributed by atoms with E-state index in [1.807, 2.05) is 0 Å². The zero-order valence-corrected chi connectivity index (χ0v) is 20.7. The fourth-order valence-electron chi connectivity index (χ4n) is 4.51. The van der Waals surface area contributed by atoms with Crippen LogP contribution in [0.25, 0.3) is 0 Å². The molecular formula is C26H31FN4O5. The van der Waals surface area contributed by atoms with Gasteiger partial charge in [0, 0.05) is 44.1 Å². The highest BCUT2D eigenvalue weighted by atomic mass is 19.1. The van der Waals surface area contributed by atoms with Crippen LogP contribution in [0.1, 0.15) is 18.5 Å². The average Bonchev–Trinajstić information content (AvgIpc) is 2.89. The van der Waals surface area contributed by atoms with Crippen molar-refractivity contribution in [3.8, 4) is 11.5 Å². The Morgan fingerprint density at radius 2 is 1.72 bits per heavy atom. The molecule has 0 bridgehead atoms. The lowest BCUT2D eigenvalue weighted by Gasteiger charge is -2.38. The van der Waals surface area contributed by atoms with Crippen molar-refractivity contribution < 1.29 is 28.2 Å². The number of nitrogens with one attached hydrogen (secondary N) is 2. The second kappa shape index (κ2) is 11.3. The Morgan fingerprint density at radius 3 is 2.36 bits per heavy atom. The molecular weight excluding hydrogens is 467 g/mol. The Kier molecular flexibility index (Phi) is 7.94. The fourth-order valence-corrected chi connectivity index (χ4v) is 4.51. The minimum Gasteiger partial charge on any atom is -0.493 e. The first-order valence-electron chi connectivity index (χ1n) is 11.9. The lowest BCUT2D eigenvalue weighted by molar-refractivity contribution is -0.139. The van der Waals surface area contributed by atoms with Crippen molar-refractivity contribution in [3.63, 3.8) is 0 Å². The maximum atomic E-state index is 13.3. The highest BCUT2D eigenvalue weighted by Gasteiger charge is 2.35. The Bertz CT molecular complexity index is 1130. The molecule has 2 N–H and O–H groups in total. The zero-order valence-electron chi connectivity index (χ0n) is 20.7. The fraction of sp³-hybridized carbons (Fsp3) is 0.385. The Balaban J connectivity index is 1.58. The summed E-state index contributed by atoms with van der Waals surface area (Å²) in [7, 11) is 3.07. The van der Waals surface area contributed by atoms with Crippen LogP contribution in [0.3, 0.4) is 0 Å². The van der Waals surface area contributed by atoms with Gasteiger partial charge in [0.1, 0.15) is 5.82 Å². The summed E-state index contributed by atoms with van der Waals surface area (Å²) < 4.78 is 29.4. The van der Waals surface area contributed by atoms with E-state index in [2.05, 4.69) is 20.4 Å². The quantitative estimate of drug-likeness (QED) is 0.541. The van der Waals surface area contributed by atoms with Gasteiger partial charge < -0.3 is 29.7 Å². The molecule has 0 spiro atoms. The lowest BCUT2D eigenvalue weighted by Crippen LogP contribution is -2.51. The molecule has 1 saturated heterocycles. The zero-order chi connectivity index (χ0) is 25.7. The van der Waals surface area contributed by atoms with E-state index in [1.165, 1.54) is 19.2 Å². The molecule has 4 rings (SSSR count). The number of carbonyl (C=O) groups excluding carboxylic acids is 2. The molecule has 0 aromatic heterocycles. The molecule has 0 unspecified atom stereocenters. The molecule has 0 radical (unpaired) electrons. The van der Waals surface area contributed by atoms with Crippen molar-refractivity contribution in [2.45, 2.75) is 13.0 Å². The monoisotopic (exact) mass is 498 g/mol. The summed E-state index contributed by atoms with van der Waals surface area (Å²) in [6, 6.07) is 10.6. The second-order valence-corrected chi connectivity index (χ2v) is 8.50. The highest BCUT2D eigenvalue weighted by molar-refractivity contribution is 5.95. The number of ether oxygens (including phenoxy) is 3. The minimum absolute atomic E-state index is 0.207. The van der Waals surface area contributed by atoms with Gasteiger partial charge in [-0.15, -0.1) is 0 Å². The smallest absolute Gasteiger partial charge is 0.338 e. The summed E-state index contributed by atoms with van der Waals surface area (Å²) in [4.78, 5) is 30.1. The van der Waals surface area contributed by atoms with Gasteiger partial charge in [0.15, 0.2) is 11.5 Å². The van der Waals surface area contributed by atoms with Gasteiger partial charge in [0.2, 0.25) is 0 Å². The maximum absolute atomic E-state index is 13.3. The van der Waals surface area contributed by atoms with E-state index in [0.29, 0.717) is 48.0 Å². The topological polar surface area (TPSA) is 92.4 Å². The number of rotatable bonds is 8. The van der Waals surface area contributed by atoms with Gasteiger partial charge in [-0.2, -0.15) is 0 Å². The molecule has 2 aliphatic heterocycles. The Labute approximate surface area is 209 Å². The lowest BCUT2D eigenvalue weighted by atomic mass is 9.94. The van der Waals surface area contributed by atoms with Gasteiger partial charge in [0.05, 0.1) is 32.4 Å². The van der Waals surface area contributed by atoms with Crippen molar-refractivity contribution in [2.75, 3.05) is 58.5 Å². The third-order valence-electron chi connectivity index (χ3n) is 6.34. The van der Waals surface area contributed by atoms with Crippen molar-refractivity contribution in [3.05, 3.63) is 65.1 Å². The van der Waals surface area contributed by atoms with Crippen LogP contribution in [-0.2, 0) is 9.53 Å². The number of amides is 2. The number of piperazine rings is 1. The summed E-state index contributed by atoms with van der Waals surface area (Å²) in [5.41, 5.74) is 2.49. The summed E-state index contributed by atoms with van der Waals surface area (Å²) in [6.45, 7) is 5.22. The third kappa shape index (κ3) is 5.54. The molecule has 9 nitrogen and oxygen atoms in total. The van der Waals surface area contributed by atoms with E-state index >= 15 is 0 Å². The van der Waals surface area contributed by atoms with Crippen molar-refractivity contribution in [1.82, 2.24) is 15.5 Å². The molecule has 2 heterocycles. The molecule has 1 atom stereocenters. The predicted octanol–water partition coefficient (Wildman–Crippen LogP) is 2.84. The molecule has 2 aliphatic rings. The number of carbonyl (C=O) groups is 2. The largest absolute Gasteiger partial charge is 0.493 e. The van der Waals surface area contributed by atoms with Crippen LogP contribution in [0.15, 0.2) is 53.7 Å². The SMILES string of the molecule is CCOC(=O)C1=C(CN2CCN(c3ccc(F)cc3)CC2)NC(=O)N[C@@H]1c1ccc(OC)c(OC)c1. The number of hydrogen-bond donors (Lipinski definition) is 2. The van der Waals surface area contributed by atoms with E-state index in [-0.39, 0.29) is 12.4 Å². The molecule has 1 fully saturated rings. The van der Waals surface area contributed by atoms with E-state index in [9.17, 15) is 14.0 Å². The van der Waals surface area contributed by atoms with Crippen LogP contribution in [0, 0.1) is 5.82 Å². The van der Waals surface area contributed by atoms with Crippen molar-refractivity contribution in [1.29, 1.82) is 0 Å². The van der Waals surface area contributed by atoms with E-state index in [0.717, 1.165) is 18.8 Å². The third-order valence-corrected chi connectivity index (χ3v) is 6.34. The van der Waals surface area contributed by atoms with E-state index in [1.54, 1.807) is 44.4 Å². The Hall–Kier alpha value is -3.79. The van der Waals surface area contributed by atoms with E-state index in [4.69, 9.17) is 14.2 Å². The van der Waals surface area contributed by atoms with E-state index < -0.39 is 18.0 Å². The first-order valence-corrected chi connectivity index (χ1v) is 11.9. The number of halogens is 1. The minimum atomic E-state index is -0.715. The summed E-state index contributed by atoms with van der Waals surface area (Å²) in [6.07, 6.45) is 0. The number of urea groups is 1. The van der Waals surface area contributed by atoms with Crippen LogP contribution in [-0.4, -0.2) is 70.5 Å². The number of benzene rings is 2. The number of hydrogen-bond acceptors (Lipinski definition) is 7. The second-order valence-electron chi connectivity index (χ2n) is 8.50. The number of methoxy groups -OCH3 is 2. The van der Waals surface area contributed by atoms with Gasteiger partial charge in [-0.25, -0.2) is 14.0 Å². The molecule has 2 aromatic rings. The van der Waals surface area contributed by atoms with Gasteiger partial charge >= 0.3 is 12.0 Å². The predicted molar refractivity (Wildman–Crippen MR) is 133 cm³/mol. The van der Waals surface area contributed by atoms with Gasteiger partial charge in [-0.3, -0.25) is 4.90 Å². The molecule has 0 aliphatic carbocycles. The highest BCUT2D eigenvalue weighted by Crippen LogP contribution is 2.34. The van der Waals surface area contributed by atoms with Crippen molar-refractivity contribution >= 4 is 17.7 Å². The number of esters is 1. The standard InChI is InChI=1S/C26H31FN4O5/c1-4-36-25(32)23-20(16-30-11-13-31(14-12-30)19-8-6-18(27)7-9-19)28-26(33)29-24(23)17-5-10-21(34-2)22(15-17)35-3/h5-10,15,24H,4,11-14,16H2,1-3H3,(H2,28,29,33)/t24-/m1/s1. The first-order chi connectivity index (χ1) is 17.4. The molecule has 192 valence electrons. The van der Waals surface area contributed by atoms with Gasteiger partial charge in [0.25, 0.3) is 0 Å². The molecule has 2 amide bonds. The molecule has 0 saturated carbocycles. The maximum Gasteiger partial charge on any atom is 0.338 e. The van der Waals surface area contributed by atoms with Crippen molar-refractivity contribution in [2.24, 2.45) is 0 Å². The number of nitrogens with zero attached hydrogens (tertiary/aromatic N) is 2. The molecule has 10 heteroatoms. The normalized spacial score (nSPS) is 18.4. The molecule has 2 aromatic carbocycles.